The molecule has 4 nitrogen and oxygen atoms in total. The van der Waals surface area contributed by atoms with Crippen LogP contribution in [0.15, 0.2) is 18.2 Å². The lowest BCUT2D eigenvalue weighted by molar-refractivity contribution is -0.137. The van der Waals surface area contributed by atoms with Crippen LogP contribution >= 0.6 is 0 Å². The third-order valence-corrected chi connectivity index (χ3v) is 2.52. The number of benzene rings is 1. The number of likely N-dealkylation sites (N-methyl/N-ethyl adjacent to an activating group) is 1. The second-order valence-electron chi connectivity index (χ2n) is 4.46. The molecule has 0 aliphatic heterocycles. The molecule has 0 saturated carbocycles. The van der Waals surface area contributed by atoms with Crippen molar-refractivity contribution in [2.45, 2.75) is 6.18 Å². The van der Waals surface area contributed by atoms with Gasteiger partial charge in [-0.1, -0.05) is 0 Å². The minimum absolute atomic E-state index is 0.0873. The van der Waals surface area contributed by atoms with E-state index < -0.39 is 11.7 Å². The Morgan fingerprint density at radius 1 is 1.26 bits per heavy atom. The number of hydrogen-bond acceptors (Lipinski definition) is 4. The van der Waals surface area contributed by atoms with Gasteiger partial charge in [-0.2, -0.15) is 13.2 Å². The Morgan fingerprint density at radius 2 is 1.95 bits per heavy atom. The first kappa shape index (κ1) is 15.6. The normalized spacial score (nSPS) is 11.9. The van der Waals surface area contributed by atoms with Crippen LogP contribution in [0.5, 0.6) is 0 Å². The van der Waals surface area contributed by atoms with E-state index in [0.717, 1.165) is 25.2 Å². The van der Waals surface area contributed by atoms with E-state index in [4.69, 9.17) is 5.73 Å². The monoisotopic (exact) mass is 276 g/mol. The molecule has 0 fully saturated rings. The molecule has 19 heavy (non-hydrogen) atoms. The summed E-state index contributed by atoms with van der Waals surface area (Å²) in [7, 11) is 3.92. The first-order chi connectivity index (χ1) is 8.80. The Hall–Kier alpha value is -1.47. The molecule has 0 heterocycles. The maximum absolute atomic E-state index is 12.4. The lowest BCUT2D eigenvalue weighted by Crippen LogP contribution is -2.30. The number of halogens is 3. The maximum Gasteiger partial charge on any atom is 0.416 e. The molecule has 0 radical (unpaired) electrons. The fraction of sp³-hybridized carbons (Fsp3) is 0.500. The lowest BCUT2D eigenvalue weighted by atomic mass is 10.1. The van der Waals surface area contributed by atoms with Crippen LogP contribution in [0.1, 0.15) is 5.56 Å². The number of nitrogens with one attached hydrogen (secondary N) is 2. The van der Waals surface area contributed by atoms with E-state index in [1.54, 1.807) is 0 Å². The Morgan fingerprint density at radius 3 is 2.47 bits per heavy atom. The summed E-state index contributed by atoms with van der Waals surface area (Å²) in [6, 6.07) is 3.28. The average Bonchev–Trinajstić information content (AvgIpc) is 2.28. The molecule has 0 saturated heterocycles. The van der Waals surface area contributed by atoms with Crippen molar-refractivity contribution in [1.29, 1.82) is 0 Å². The van der Waals surface area contributed by atoms with Crippen LogP contribution < -0.4 is 16.4 Å². The first-order valence-corrected chi connectivity index (χ1v) is 5.86. The second kappa shape index (κ2) is 6.63. The number of hydrogen-bond donors (Lipinski definition) is 3. The summed E-state index contributed by atoms with van der Waals surface area (Å²) < 4.78 is 37.3. The third kappa shape index (κ3) is 5.35. The van der Waals surface area contributed by atoms with E-state index in [1.165, 1.54) is 6.07 Å². The highest BCUT2D eigenvalue weighted by Gasteiger charge is 2.30. The summed E-state index contributed by atoms with van der Waals surface area (Å²) >= 11 is 0. The Balaban J connectivity index is 2.47. The van der Waals surface area contributed by atoms with Crippen LogP contribution in [-0.2, 0) is 6.18 Å². The highest BCUT2D eigenvalue weighted by molar-refractivity contribution is 5.67. The van der Waals surface area contributed by atoms with Crippen molar-refractivity contribution < 1.29 is 13.2 Å². The van der Waals surface area contributed by atoms with E-state index in [9.17, 15) is 13.2 Å². The topological polar surface area (TPSA) is 53.3 Å². The fourth-order valence-corrected chi connectivity index (χ4v) is 1.45. The fourth-order valence-electron chi connectivity index (χ4n) is 1.45. The minimum atomic E-state index is -4.36. The second-order valence-corrected chi connectivity index (χ2v) is 4.46. The molecule has 0 aromatic heterocycles. The smallest absolute Gasteiger partial charge is 0.397 e. The predicted molar refractivity (Wildman–Crippen MR) is 70.9 cm³/mol. The molecule has 0 bridgehead atoms. The summed E-state index contributed by atoms with van der Waals surface area (Å²) in [5, 5.41) is 6.05. The third-order valence-electron chi connectivity index (χ3n) is 2.52. The molecule has 0 amide bonds. The molecule has 0 aliphatic carbocycles. The van der Waals surface area contributed by atoms with Crippen LogP contribution in [0.3, 0.4) is 0 Å². The molecule has 1 rings (SSSR count). The molecule has 0 aliphatic rings. The number of rotatable bonds is 6. The van der Waals surface area contributed by atoms with Gasteiger partial charge in [0.1, 0.15) is 0 Å². The van der Waals surface area contributed by atoms with Crippen molar-refractivity contribution in [2.75, 3.05) is 44.9 Å². The van der Waals surface area contributed by atoms with Gasteiger partial charge in [-0.15, -0.1) is 0 Å². The number of nitrogen functional groups attached to an aromatic ring is 1. The van der Waals surface area contributed by atoms with Gasteiger partial charge in [0.2, 0.25) is 0 Å². The van der Waals surface area contributed by atoms with E-state index >= 15 is 0 Å². The molecule has 7 heteroatoms. The van der Waals surface area contributed by atoms with Crippen LogP contribution in [0.4, 0.5) is 24.5 Å². The minimum Gasteiger partial charge on any atom is -0.397 e. The van der Waals surface area contributed by atoms with Crippen molar-refractivity contribution in [3.05, 3.63) is 23.8 Å². The highest BCUT2D eigenvalue weighted by Crippen LogP contribution is 2.32. The molecular weight excluding hydrogens is 257 g/mol. The first-order valence-electron chi connectivity index (χ1n) is 5.86. The SMILES string of the molecule is CN(C)CCNCNc1ccc(C(F)(F)F)cc1N. The van der Waals surface area contributed by atoms with Gasteiger partial charge in [0, 0.05) is 13.1 Å². The summed E-state index contributed by atoms with van der Waals surface area (Å²) in [6.07, 6.45) is -4.36. The molecule has 1 aromatic rings. The summed E-state index contributed by atoms with van der Waals surface area (Å²) in [6.45, 7) is 2.11. The predicted octanol–water partition coefficient (Wildman–Crippen LogP) is 1.81. The molecule has 0 atom stereocenters. The van der Waals surface area contributed by atoms with E-state index in [-0.39, 0.29) is 5.69 Å². The maximum atomic E-state index is 12.4. The van der Waals surface area contributed by atoms with Gasteiger partial charge >= 0.3 is 6.18 Å². The highest BCUT2D eigenvalue weighted by atomic mass is 19.4. The average molecular weight is 276 g/mol. The number of nitrogens with two attached hydrogens (primary N) is 1. The van der Waals surface area contributed by atoms with Crippen molar-refractivity contribution in [2.24, 2.45) is 0 Å². The van der Waals surface area contributed by atoms with Gasteiger partial charge in [-0.05, 0) is 32.3 Å². The van der Waals surface area contributed by atoms with Crippen molar-refractivity contribution in [3.8, 4) is 0 Å². The van der Waals surface area contributed by atoms with E-state index in [2.05, 4.69) is 10.6 Å². The summed E-state index contributed by atoms with van der Waals surface area (Å²) in [4.78, 5) is 2.03. The molecular formula is C12H19F3N4. The number of alkyl halides is 3. The zero-order valence-electron chi connectivity index (χ0n) is 11.0. The van der Waals surface area contributed by atoms with Gasteiger partial charge in [0.15, 0.2) is 0 Å². The Bertz CT molecular complexity index is 404. The molecule has 108 valence electrons. The van der Waals surface area contributed by atoms with Crippen LogP contribution in [0, 0.1) is 0 Å². The standard InChI is InChI=1S/C12H19F3N4/c1-19(2)6-5-17-8-18-11-4-3-9(7-10(11)16)12(13,14)15/h3-4,7,17-18H,5-6,8,16H2,1-2H3. The zero-order valence-corrected chi connectivity index (χ0v) is 11.0. The molecule has 1 aromatic carbocycles. The zero-order chi connectivity index (χ0) is 14.5. The molecule has 0 spiro atoms. The van der Waals surface area contributed by atoms with Crippen LogP contribution in [0.25, 0.3) is 0 Å². The number of anilines is 2. The van der Waals surface area contributed by atoms with Gasteiger partial charge < -0.3 is 16.0 Å². The van der Waals surface area contributed by atoms with Crippen molar-refractivity contribution in [1.82, 2.24) is 10.2 Å². The van der Waals surface area contributed by atoms with E-state index in [1.807, 2.05) is 19.0 Å². The summed E-state index contributed by atoms with van der Waals surface area (Å²) in [5.74, 6) is 0. The quantitative estimate of drug-likeness (QED) is 0.421. The Kier molecular flexibility index (Phi) is 5.44. The van der Waals surface area contributed by atoms with Crippen molar-refractivity contribution >= 4 is 11.4 Å². The molecule has 4 N–H and O–H groups in total. The van der Waals surface area contributed by atoms with Crippen LogP contribution in [-0.4, -0.2) is 38.8 Å². The summed E-state index contributed by atoms with van der Waals surface area (Å²) in [5.41, 5.74) is 5.42. The van der Waals surface area contributed by atoms with Gasteiger partial charge in [-0.3, -0.25) is 5.32 Å². The lowest BCUT2D eigenvalue weighted by Gasteiger charge is -2.14. The molecule has 0 unspecified atom stereocenters. The van der Waals surface area contributed by atoms with Crippen molar-refractivity contribution in [3.63, 3.8) is 0 Å². The Labute approximate surface area is 110 Å². The largest absolute Gasteiger partial charge is 0.416 e. The number of nitrogens with zero attached hydrogens (tertiary/aromatic N) is 1. The van der Waals surface area contributed by atoms with Gasteiger partial charge in [-0.25, -0.2) is 0 Å². The van der Waals surface area contributed by atoms with Crippen LogP contribution in [0.2, 0.25) is 0 Å². The van der Waals surface area contributed by atoms with E-state index in [0.29, 0.717) is 12.4 Å². The van der Waals surface area contributed by atoms with Gasteiger partial charge in [0.05, 0.1) is 23.6 Å². The van der Waals surface area contributed by atoms with Gasteiger partial charge in [0.25, 0.3) is 0 Å².